The summed E-state index contributed by atoms with van der Waals surface area (Å²) in [6, 6.07) is 16.0. The first-order valence-corrected chi connectivity index (χ1v) is 9.62. The van der Waals surface area contributed by atoms with Crippen molar-refractivity contribution in [2.45, 2.75) is 13.0 Å². The van der Waals surface area contributed by atoms with Gasteiger partial charge in [-0.05, 0) is 36.8 Å². The summed E-state index contributed by atoms with van der Waals surface area (Å²) in [4.78, 5) is 2.40. The first-order valence-electron chi connectivity index (χ1n) is 9.62. The summed E-state index contributed by atoms with van der Waals surface area (Å²) in [5.74, 6) is 1.48. The Morgan fingerprint density at radius 3 is 2.68 bits per heavy atom. The Balaban J connectivity index is 1.86. The molecule has 1 aliphatic heterocycles. The van der Waals surface area contributed by atoms with E-state index in [0.717, 1.165) is 49.1 Å². The van der Waals surface area contributed by atoms with E-state index in [0.29, 0.717) is 18.7 Å². The van der Waals surface area contributed by atoms with E-state index in [1.807, 2.05) is 43.3 Å². The molecule has 1 saturated heterocycles. The lowest BCUT2D eigenvalue weighted by Gasteiger charge is -2.35. The molecule has 0 aromatic heterocycles. The number of hydrogen-bond acceptors (Lipinski definition) is 6. The molecule has 6 heteroatoms. The van der Waals surface area contributed by atoms with Crippen molar-refractivity contribution in [3.8, 4) is 17.6 Å². The zero-order chi connectivity index (χ0) is 19.8. The van der Waals surface area contributed by atoms with Gasteiger partial charge in [-0.2, -0.15) is 5.26 Å². The van der Waals surface area contributed by atoms with Crippen LogP contribution in [0.25, 0.3) is 0 Å². The summed E-state index contributed by atoms with van der Waals surface area (Å²) in [7, 11) is 1.66. The maximum absolute atomic E-state index is 9.35. The van der Waals surface area contributed by atoms with E-state index in [4.69, 9.17) is 14.2 Å². The standard InChI is InChI=1S/C22H27N3O3/c1-3-28-21-9-8-17(14-22(21)26-2)20(25-10-12-27-13-11-25)16-24-19-7-5-4-6-18(19)15-23/h4-9,14,20,24H,3,10-13,16H2,1-2H3/t20-/m1/s1. The molecule has 1 fully saturated rings. The van der Waals surface area contributed by atoms with Crippen LogP contribution in [0.1, 0.15) is 24.1 Å². The molecule has 148 valence electrons. The van der Waals surface area contributed by atoms with Gasteiger partial charge in [0.15, 0.2) is 11.5 Å². The lowest BCUT2D eigenvalue weighted by molar-refractivity contribution is 0.0186. The van der Waals surface area contributed by atoms with Crippen molar-refractivity contribution in [2.24, 2.45) is 0 Å². The van der Waals surface area contributed by atoms with Gasteiger partial charge in [0.25, 0.3) is 0 Å². The normalized spacial score (nSPS) is 15.5. The third kappa shape index (κ3) is 4.75. The summed E-state index contributed by atoms with van der Waals surface area (Å²) in [5.41, 5.74) is 2.64. The fraction of sp³-hybridized carbons (Fsp3) is 0.409. The number of anilines is 1. The molecule has 0 saturated carbocycles. The van der Waals surface area contributed by atoms with Gasteiger partial charge >= 0.3 is 0 Å². The number of nitrogens with zero attached hydrogens (tertiary/aromatic N) is 2. The SMILES string of the molecule is CCOc1ccc([C@@H](CNc2ccccc2C#N)N2CCOCC2)cc1OC. The molecule has 28 heavy (non-hydrogen) atoms. The monoisotopic (exact) mass is 381 g/mol. The lowest BCUT2D eigenvalue weighted by atomic mass is 10.0. The quantitative estimate of drug-likeness (QED) is 0.755. The molecule has 3 rings (SSSR count). The highest BCUT2D eigenvalue weighted by molar-refractivity contribution is 5.57. The number of nitriles is 1. The van der Waals surface area contributed by atoms with Crippen LogP contribution in [0.5, 0.6) is 11.5 Å². The van der Waals surface area contributed by atoms with Crippen molar-refractivity contribution >= 4 is 5.69 Å². The van der Waals surface area contributed by atoms with Crippen molar-refractivity contribution in [1.82, 2.24) is 4.90 Å². The maximum Gasteiger partial charge on any atom is 0.161 e. The van der Waals surface area contributed by atoms with E-state index in [-0.39, 0.29) is 6.04 Å². The molecule has 6 nitrogen and oxygen atoms in total. The van der Waals surface area contributed by atoms with Gasteiger partial charge in [-0.25, -0.2) is 0 Å². The Hall–Kier alpha value is -2.75. The van der Waals surface area contributed by atoms with Gasteiger partial charge in [-0.15, -0.1) is 0 Å². The van der Waals surface area contributed by atoms with Crippen LogP contribution < -0.4 is 14.8 Å². The number of rotatable bonds is 8. The average Bonchev–Trinajstić information content (AvgIpc) is 2.76. The number of hydrogen-bond donors (Lipinski definition) is 1. The molecular formula is C22H27N3O3. The summed E-state index contributed by atoms with van der Waals surface area (Å²) >= 11 is 0. The van der Waals surface area contributed by atoms with Crippen LogP contribution in [0.15, 0.2) is 42.5 Å². The lowest BCUT2D eigenvalue weighted by Crippen LogP contribution is -2.41. The number of methoxy groups -OCH3 is 1. The number of nitrogens with one attached hydrogen (secondary N) is 1. The predicted molar refractivity (Wildman–Crippen MR) is 109 cm³/mol. The van der Waals surface area contributed by atoms with E-state index in [2.05, 4.69) is 22.4 Å². The van der Waals surface area contributed by atoms with Gasteiger partial charge in [0.1, 0.15) is 6.07 Å². The Labute approximate surface area is 166 Å². The molecule has 1 aliphatic rings. The Bertz CT molecular complexity index is 813. The van der Waals surface area contributed by atoms with Crippen LogP contribution in [0, 0.1) is 11.3 Å². The zero-order valence-corrected chi connectivity index (χ0v) is 16.5. The summed E-state index contributed by atoms with van der Waals surface area (Å²) in [5, 5.41) is 12.8. The van der Waals surface area contributed by atoms with Crippen molar-refractivity contribution in [3.05, 3.63) is 53.6 Å². The molecule has 0 radical (unpaired) electrons. The second-order valence-electron chi connectivity index (χ2n) is 6.55. The molecule has 0 unspecified atom stereocenters. The topological polar surface area (TPSA) is 66.8 Å². The molecule has 0 aliphatic carbocycles. The summed E-state index contributed by atoms with van der Waals surface area (Å²) in [6.45, 7) is 6.40. The van der Waals surface area contributed by atoms with Crippen LogP contribution in [0.3, 0.4) is 0 Å². The van der Waals surface area contributed by atoms with Gasteiger partial charge < -0.3 is 19.5 Å². The fourth-order valence-corrected chi connectivity index (χ4v) is 3.45. The molecule has 1 atom stereocenters. The van der Waals surface area contributed by atoms with Crippen LogP contribution in [0.2, 0.25) is 0 Å². The smallest absolute Gasteiger partial charge is 0.161 e. The highest BCUT2D eigenvalue weighted by atomic mass is 16.5. The highest BCUT2D eigenvalue weighted by Crippen LogP contribution is 2.33. The largest absolute Gasteiger partial charge is 0.493 e. The first-order chi connectivity index (χ1) is 13.8. The van der Waals surface area contributed by atoms with Crippen LogP contribution >= 0.6 is 0 Å². The van der Waals surface area contributed by atoms with Crippen LogP contribution in [-0.4, -0.2) is 51.5 Å². The zero-order valence-electron chi connectivity index (χ0n) is 16.5. The molecule has 0 spiro atoms. The van der Waals surface area contributed by atoms with E-state index in [9.17, 15) is 5.26 Å². The average molecular weight is 381 g/mol. The second kappa shape index (κ2) is 9.98. The summed E-state index contributed by atoms with van der Waals surface area (Å²) < 4.78 is 16.7. The minimum atomic E-state index is 0.125. The fourth-order valence-electron chi connectivity index (χ4n) is 3.45. The van der Waals surface area contributed by atoms with E-state index in [1.165, 1.54) is 0 Å². The Morgan fingerprint density at radius 1 is 1.18 bits per heavy atom. The Morgan fingerprint density at radius 2 is 1.96 bits per heavy atom. The third-order valence-corrected chi connectivity index (χ3v) is 4.89. The number of para-hydroxylation sites is 1. The minimum absolute atomic E-state index is 0.125. The van der Waals surface area contributed by atoms with E-state index < -0.39 is 0 Å². The van der Waals surface area contributed by atoms with Crippen LogP contribution in [0.4, 0.5) is 5.69 Å². The van der Waals surface area contributed by atoms with Gasteiger partial charge in [0, 0.05) is 19.6 Å². The van der Waals surface area contributed by atoms with Gasteiger partial charge in [-0.3, -0.25) is 4.90 Å². The molecule has 0 bridgehead atoms. The van der Waals surface area contributed by atoms with Gasteiger partial charge in [0.2, 0.25) is 0 Å². The first kappa shape index (κ1) is 20.0. The molecule has 1 N–H and O–H groups in total. The minimum Gasteiger partial charge on any atom is -0.493 e. The van der Waals surface area contributed by atoms with Crippen LogP contribution in [-0.2, 0) is 4.74 Å². The maximum atomic E-state index is 9.35. The van der Waals surface area contributed by atoms with E-state index in [1.54, 1.807) is 7.11 Å². The van der Waals surface area contributed by atoms with Crippen molar-refractivity contribution in [1.29, 1.82) is 5.26 Å². The van der Waals surface area contributed by atoms with Crippen molar-refractivity contribution < 1.29 is 14.2 Å². The molecule has 2 aromatic carbocycles. The molecule has 2 aromatic rings. The number of morpholine rings is 1. The third-order valence-electron chi connectivity index (χ3n) is 4.89. The Kier molecular flexibility index (Phi) is 7.12. The molecular weight excluding hydrogens is 354 g/mol. The second-order valence-corrected chi connectivity index (χ2v) is 6.55. The summed E-state index contributed by atoms with van der Waals surface area (Å²) in [6.07, 6.45) is 0. The van der Waals surface area contributed by atoms with Gasteiger partial charge in [0.05, 0.1) is 44.2 Å². The molecule has 0 amide bonds. The number of ether oxygens (including phenoxy) is 3. The van der Waals surface area contributed by atoms with Crippen molar-refractivity contribution in [2.75, 3.05) is 51.9 Å². The van der Waals surface area contributed by atoms with E-state index >= 15 is 0 Å². The van der Waals surface area contributed by atoms with Crippen molar-refractivity contribution in [3.63, 3.8) is 0 Å². The predicted octanol–water partition coefficient (Wildman–Crippen LogP) is 3.45. The number of benzene rings is 2. The highest BCUT2D eigenvalue weighted by Gasteiger charge is 2.24. The van der Waals surface area contributed by atoms with Gasteiger partial charge in [-0.1, -0.05) is 18.2 Å². The molecule has 1 heterocycles.